The summed E-state index contributed by atoms with van der Waals surface area (Å²) in [5, 5.41) is 0. The predicted octanol–water partition coefficient (Wildman–Crippen LogP) is 1.55. The van der Waals surface area contributed by atoms with Crippen LogP contribution in [0.4, 0.5) is 13.2 Å². The smallest absolute Gasteiger partial charge is 0.406 e. The summed E-state index contributed by atoms with van der Waals surface area (Å²) in [6.45, 7) is 1.11. The Balaban J connectivity index is 2.14. The van der Waals surface area contributed by atoms with E-state index in [1.807, 2.05) is 0 Å². The summed E-state index contributed by atoms with van der Waals surface area (Å²) in [4.78, 5) is -0.0605. The molecule has 0 amide bonds. The third-order valence-electron chi connectivity index (χ3n) is 3.28. The average Bonchev–Trinajstić information content (AvgIpc) is 2.87. The lowest BCUT2D eigenvalue weighted by atomic mass is 10.1. The molecule has 1 heterocycles. The first-order valence-electron chi connectivity index (χ1n) is 6.28. The molecule has 21 heavy (non-hydrogen) atoms. The van der Waals surface area contributed by atoms with Crippen LogP contribution in [0.3, 0.4) is 0 Å². The van der Waals surface area contributed by atoms with Crippen molar-refractivity contribution in [1.82, 2.24) is 4.31 Å². The standard InChI is InChI=1S/C12H15F3N2O3S/c13-12(14,15)20-10-1-3-11(4-2-10)21(18,19)17-6-5-9(7-16)8-17/h1-4,9H,5-8,16H2/t9-/m0/s1. The lowest BCUT2D eigenvalue weighted by molar-refractivity contribution is -0.274. The lowest BCUT2D eigenvalue weighted by Gasteiger charge is -2.16. The molecular weight excluding hydrogens is 309 g/mol. The first kappa shape index (κ1) is 16.1. The van der Waals surface area contributed by atoms with Crippen LogP contribution in [0.2, 0.25) is 0 Å². The van der Waals surface area contributed by atoms with Gasteiger partial charge in [-0.1, -0.05) is 0 Å². The molecule has 1 aromatic carbocycles. The molecule has 1 atom stereocenters. The van der Waals surface area contributed by atoms with Crippen LogP contribution in [0.1, 0.15) is 6.42 Å². The Hall–Kier alpha value is -1.32. The lowest BCUT2D eigenvalue weighted by Crippen LogP contribution is -2.30. The SMILES string of the molecule is NC[C@@H]1CCN(S(=O)(=O)c2ccc(OC(F)(F)F)cc2)C1. The van der Waals surface area contributed by atoms with Crippen molar-refractivity contribution in [3.63, 3.8) is 0 Å². The molecule has 0 saturated carbocycles. The van der Waals surface area contributed by atoms with E-state index in [0.29, 0.717) is 26.1 Å². The summed E-state index contributed by atoms with van der Waals surface area (Å²) < 4.78 is 65.8. The first-order chi connectivity index (χ1) is 9.72. The Morgan fingerprint density at radius 1 is 1.29 bits per heavy atom. The van der Waals surface area contributed by atoms with E-state index in [-0.39, 0.29) is 10.8 Å². The summed E-state index contributed by atoms with van der Waals surface area (Å²) in [6.07, 6.45) is -4.12. The zero-order valence-electron chi connectivity index (χ0n) is 11.0. The molecule has 5 nitrogen and oxygen atoms in total. The van der Waals surface area contributed by atoms with E-state index in [1.165, 1.54) is 4.31 Å². The molecule has 0 aromatic heterocycles. The van der Waals surface area contributed by atoms with Gasteiger partial charge in [0, 0.05) is 13.1 Å². The zero-order chi connectivity index (χ0) is 15.7. The quantitative estimate of drug-likeness (QED) is 0.912. The fourth-order valence-corrected chi connectivity index (χ4v) is 3.70. The number of alkyl halides is 3. The highest BCUT2D eigenvalue weighted by molar-refractivity contribution is 7.89. The van der Waals surface area contributed by atoms with Gasteiger partial charge >= 0.3 is 6.36 Å². The van der Waals surface area contributed by atoms with E-state index < -0.39 is 22.1 Å². The second-order valence-corrected chi connectivity index (χ2v) is 6.71. The van der Waals surface area contributed by atoms with Gasteiger partial charge in [0.15, 0.2) is 0 Å². The number of halogens is 3. The molecular formula is C12H15F3N2O3S. The third-order valence-corrected chi connectivity index (χ3v) is 5.16. The van der Waals surface area contributed by atoms with Gasteiger partial charge in [0.25, 0.3) is 0 Å². The number of ether oxygens (including phenoxy) is 1. The Labute approximate surface area is 120 Å². The van der Waals surface area contributed by atoms with E-state index >= 15 is 0 Å². The number of benzene rings is 1. The molecule has 0 aliphatic carbocycles. The highest BCUT2D eigenvalue weighted by atomic mass is 32.2. The predicted molar refractivity (Wildman–Crippen MR) is 69.0 cm³/mol. The van der Waals surface area contributed by atoms with Crippen LogP contribution in [0.25, 0.3) is 0 Å². The van der Waals surface area contributed by atoms with Crippen molar-refractivity contribution in [2.75, 3.05) is 19.6 Å². The summed E-state index contributed by atoms with van der Waals surface area (Å²) in [6, 6.07) is 4.17. The van der Waals surface area contributed by atoms with E-state index in [0.717, 1.165) is 24.3 Å². The average molecular weight is 324 g/mol. The molecule has 1 aliphatic heterocycles. The Morgan fingerprint density at radius 3 is 2.38 bits per heavy atom. The zero-order valence-corrected chi connectivity index (χ0v) is 11.8. The molecule has 0 spiro atoms. The van der Waals surface area contributed by atoms with Crippen molar-refractivity contribution in [3.05, 3.63) is 24.3 Å². The molecule has 1 fully saturated rings. The van der Waals surface area contributed by atoms with Crippen molar-refractivity contribution in [2.45, 2.75) is 17.7 Å². The van der Waals surface area contributed by atoms with Crippen LogP contribution in [0, 0.1) is 5.92 Å². The van der Waals surface area contributed by atoms with Crippen LogP contribution >= 0.6 is 0 Å². The van der Waals surface area contributed by atoms with Crippen LogP contribution in [-0.4, -0.2) is 38.7 Å². The Bertz CT molecular complexity index is 587. The number of nitrogens with zero attached hydrogens (tertiary/aromatic N) is 1. The van der Waals surface area contributed by atoms with Crippen molar-refractivity contribution < 1.29 is 26.3 Å². The van der Waals surface area contributed by atoms with Gasteiger partial charge in [-0.05, 0) is 43.1 Å². The monoisotopic (exact) mass is 324 g/mol. The van der Waals surface area contributed by atoms with Gasteiger partial charge in [0.05, 0.1) is 4.90 Å². The van der Waals surface area contributed by atoms with E-state index in [1.54, 1.807) is 0 Å². The number of hydrogen-bond donors (Lipinski definition) is 1. The maximum absolute atomic E-state index is 12.3. The van der Waals surface area contributed by atoms with E-state index in [9.17, 15) is 21.6 Å². The molecule has 2 rings (SSSR count). The highest BCUT2D eigenvalue weighted by Crippen LogP contribution is 2.27. The highest BCUT2D eigenvalue weighted by Gasteiger charge is 2.33. The van der Waals surface area contributed by atoms with E-state index in [2.05, 4.69) is 4.74 Å². The van der Waals surface area contributed by atoms with Crippen LogP contribution in [-0.2, 0) is 10.0 Å². The van der Waals surface area contributed by atoms with Gasteiger partial charge in [0.1, 0.15) is 5.75 Å². The van der Waals surface area contributed by atoms with Crippen molar-refractivity contribution in [2.24, 2.45) is 11.7 Å². The second kappa shape index (κ2) is 5.82. The Morgan fingerprint density at radius 2 is 1.90 bits per heavy atom. The van der Waals surface area contributed by atoms with Crippen LogP contribution in [0.15, 0.2) is 29.2 Å². The second-order valence-electron chi connectivity index (χ2n) is 4.77. The number of nitrogens with two attached hydrogens (primary N) is 1. The van der Waals surface area contributed by atoms with Gasteiger partial charge in [0.2, 0.25) is 10.0 Å². The molecule has 0 unspecified atom stereocenters. The van der Waals surface area contributed by atoms with Crippen molar-refractivity contribution in [3.8, 4) is 5.75 Å². The maximum atomic E-state index is 12.3. The largest absolute Gasteiger partial charge is 0.573 e. The molecule has 118 valence electrons. The minimum absolute atomic E-state index is 0.0605. The minimum atomic E-state index is -4.80. The molecule has 0 radical (unpaired) electrons. The first-order valence-corrected chi connectivity index (χ1v) is 7.72. The van der Waals surface area contributed by atoms with Gasteiger partial charge < -0.3 is 10.5 Å². The topological polar surface area (TPSA) is 72.6 Å². The van der Waals surface area contributed by atoms with Crippen molar-refractivity contribution >= 4 is 10.0 Å². The number of hydrogen-bond acceptors (Lipinski definition) is 4. The van der Waals surface area contributed by atoms with Crippen LogP contribution < -0.4 is 10.5 Å². The molecule has 1 aromatic rings. The molecule has 9 heteroatoms. The van der Waals surface area contributed by atoms with Gasteiger partial charge in [-0.2, -0.15) is 4.31 Å². The fraction of sp³-hybridized carbons (Fsp3) is 0.500. The van der Waals surface area contributed by atoms with Crippen LogP contribution in [0.5, 0.6) is 5.75 Å². The van der Waals surface area contributed by atoms with E-state index in [4.69, 9.17) is 5.73 Å². The molecule has 0 bridgehead atoms. The number of sulfonamides is 1. The van der Waals surface area contributed by atoms with Gasteiger partial charge in [-0.15, -0.1) is 13.2 Å². The number of rotatable bonds is 4. The molecule has 1 aliphatic rings. The normalized spacial score (nSPS) is 20.7. The molecule has 1 saturated heterocycles. The van der Waals surface area contributed by atoms with Crippen molar-refractivity contribution in [1.29, 1.82) is 0 Å². The summed E-state index contributed by atoms with van der Waals surface area (Å²) in [7, 11) is -3.70. The fourth-order valence-electron chi connectivity index (χ4n) is 2.17. The molecule has 2 N–H and O–H groups in total. The maximum Gasteiger partial charge on any atom is 0.573 e. The Kier molecular flexibility index (Phi) is 4.45. The third kappa shape index (κ3) is 3.86. The van der Waals surface area contributed by atoms with Gasteiger partial charge in [-0.25, -0.2) is 8.42 Å². The van der Waals surface area contributed by atoms with Gasteiger partial charge in [-0.3, -0.25) is 0 Å². The minimum Gasteiger partial charge on any atom is -0.406 e. The summed E-state index contributed by atoms with van der Waals surface area (Å²) in [5.41, 5.74) is 5.51. The summed E-state index contributed by atoms with van der Waals surface area (Å²) >= 11 is 0. The summed E-state index contributed by atoms with van der Waals surface area (Å²) in [5.74, 6) is -0.338.